The van der Waals surface area contributed by atoms with Gasteiger partial charge in [-0.2, -0.15) is 0 Å². The number of hydrogen-bond donors (Lipinski definition) is 1. The van der Waals surface area contributed by atoms with Crippen LogP contribution >= 0.6 is 11.3 Å². The standard InChI is InChI=1S/C10H13N3OS/c1-3-11-7(2)9-12-13-10(15-9)8-4-5-14-6-8/h4-7,11H,3H2,1-2H3. The number of aromatic nitrogens is 2. The van der Waals surface area contributed by atoms with Crippen molar-refractivity contribution in [1.29, 1.82) is 0 Å². The maximum Gasteiger partial charge on any atom is 0.151 e. The summed E-state index contributed by atoms with van der Waals surface area (Å²) < 4.78 is 5.01. The fourth-order valence-electron chi connectivity index (χ4n) is 1.31. The molecule has 2 aromatic rings. The van der Waals surface area contributed by atoms with Gasteiger partial charge in [0.1, 0.15) is 11.3 Å². The number of nitrogens with one attached hydrogen (secondary N) is 1. The summed E-state index contributed by atoms with van der Waals surface area (Å²) in [4.78, 5) is 0. The molecule has 5 heteroatoms. The lowest BCUT2D eigenvalue weighted by atomic mass is 10.3. The molecule has 15 heavy (non-hydrogen) atoms. The average Bonchev–Trinajstić information content (AvgIpc) is 2.89. The molecular weight excluding hydrogens is 210 g/mol. The van der Waals surface area contributed by atoms with Gasteiger partial charge in [0.2, 0.25) is 0 Å². The summed E-state index contributed by atoms with van der Waals surface area (Å²) in [6.45, 7) is 5.10. The number of hydrogen-bond acceptors (Lipinski definition) is 5. The molecule has 4 nitrogen and oxygen atoms in total. The predicted molar refractivity (Wildman–Crippen MR) is 59.7 cm³/mol. The second kappa shape index (κ2) is 4.55. The molecule has 80 valence electrons. The third kappa shape index (κ3) is 2.24. The Morgan fingerprint density at radius 3 is 3.07 bits per heavy atom. The van der Waals surface area contributed by atoms with Crippen LogP contribution in [-0.4, -0.2) is 16.7 Å². The zero-order valence-corrected chi connectivity index (χ0v) is 9.54. The van der Waals surface area contributed by atoms with E-state index in [1.54, 1.807) is 23.9 Å². The van der Waals surface area contributed by atoms with Gasteiger partial charge in [-0.3, -0.25) is 0 Å². The summed E-state index contributed by atoms with van der Waals surface area (Å²) in [5.41, 5.74) is 0.988. The molecule has 2 rings (SSSR count). The van der Waals surface area contributed by atoms with E-state index in [-0.39, 0.29) is 6.04 Å². The van der Waals surface area contributed by atoms with Crippen LogP contribution < -0.4 is 5.32 Å². The molecule has 0 radical (unpaired) electrons. The first-order valence-electron chi connectivity index (χ1n) is 4.90. The van der Waals surface area contributed by atoms with E-state index in [0.717, 1.165) is 22.1 Å². The molecule has 1 unspecified atom stereocenters. The van der Waals surface area contributed by atoms with Crippen molar-refractivity contribution in [2.75, 3.05) is 6.54 Å². The van der Waals surface area contributed by atoms with E-state index < -0.39 is 0 Å². The first-order chi connectivity index (χ1) is 7.31. The fraction of sp³-hybridized carbons (Fsp3) is 0.400. The van der Waals surface area contributed by atoms with Gasteiger partial charge < -0.3 is 9.73 Å². The lowest BCUT2D eigenvalue weighted by Gasteiger charge is -2.06. The fourth-order valence-corrected chi connectivity index (χ4v) is 2.16. The van der Waals surface area contributed by atoms with Crippen LogP contribution in [0.3, 0.4) is 0 Å². The Morgan fingerprint density at radius 1 is 1.53 bits per heavy atom. The van der Waals surface area contributed by atoms with Crippen molar-refractivity contribution in [2.24, 2.45) is 0 Å². The topological polar surface area (TPSA) is 51.0 Å². The van der Waals surface area contributed by atoms with Crippen LogP contribution in [0.15, 0.2) is 23.0 Å². The molecule has 2 heterocycles. The summed E-state index contributed by atoms with van der Waals surface area (Å²) in [6, 6.07) is 2.15. The zero-order chi connectivity index (χ0) is 10.7. The van der Waals surface area contributed by atoms with Gasteiger partial charge in [0.25, 0.3) is 0 Å². The van der Waals surface area contributed by atoms with Crippen LogP contribution in [0.4, 0.5) is 0 Å². The van der Waals surface area contributed by atoms with E-state index in [9.17, 15) is 0 Å². The van der Waals surface area contributed by atoms with Gasteiger partial charge in [-0.05, 0) is 19.5 Å². The van der Waals surface area contributed by atoms with Gasteiger partial charge in [0.05, 0.1) is 17.9 Å². The van der Waals surface area contributed by atoms with Crippen molar-refractivity contribution < 1.29 is 4.42 Å². The maximum atomic E-state index is 5.01. The molecule has 0 aromatic carbocycles. The molecule has 0 spiro atoms. The third-order valence-corrected chi connectivity index (χ3v) is 3.24. The first-order valence-corrected chi connectivity index (χ1v) is 5.72. The Kier molecular flexibility index (Phi) is 3.13. The second-order valence-corrected chi connectivity index (χ2v) is 4.25. The Bertz CT molecular complexity index is 410. The Hall–Kier alpha value is -1.20. The average molecular weight is 223 g/mol. The summed E-state index contributed by atoms with van der Waals surface area (Å²) in [5, 5.41) is 13.5. The van der Waals surface area contributed by atoms with Crippen molar-refractivity contribution in [2.45, 2.75) is 19.9 Å². The van der Waals surface area contributed by atoms with E-state index in [1.165, 1.54) is 0 Å². The van der Waals surface area contributed by atoms with Crippen LogP contribution in [0.5, 0.6) is 0 Å². The molecule has 0 aliphatic heterocycles. The monoisotopic (exact) mass is 223 g/mol. The largest absolute Gasteiger partial charge is 0.472 e. The molecule has 0 aliphatic rings. The van der Waals surface area contributed by atoms with Crippen molar-refractivity contribution in [3.8, 4) is 10.6 Å². The highest BCUT2D eigenvalue weighted by molar-refractivity contribution is 7.14. The molecule has 0 saturated heterocycles. The molecular formula is C10H13N3OS. The number of nitrogens with zero attached hydrogens (tertiary/aromatic N) is 2. The maximum absolute atomic E-state index is 5.01. The zero-order valence-electron chi connectivity index (χ0n) is 8.73. The highest BCUT2D eigenvalue weighted by Gasteiger charge is 2.12. The molecule has 0 amide bonds. The minimum atomic E-state index is 0.258. The smallest absolute Gasteiger partial charge is 0.151 e. The number of rotatable bonds is 4. The van der Waals surface area contributed by atoms with Gasteiger partial charge in [-0.1, -0.05) is 18.3 Å². The summed E-state index contributed by atoms with van der Waals surface area (Å²) in [7, 11) is 0. The van der Waals surface area contributed by atoms with Crippen molar-refractivity contribution in [3.05, 3.63) is 23.6 Å². The van der Waals surface area contributed by atoms with Gasteiger partial charge in [-0.15, -0.1) is 10.2 Å². The summed E-state index contributed by atoms with van der Waals surface area (Å²) in [5.74, 6) is 0. The lowest BCUT2D eigenvalue weighted by molar-refractivity contribution is 0.568. The van der Waals surface area contributed by atoms with Crippen molar-refractivity contribution in [3.63, 3.8) is 0 Å². The van der Waals surface area contributed by atoms with Crippen LogP contribution in [0, 0.1) is 0 Å². The molecule has 1 N–H and O–H groups in total. The highest BCUT2D eigenvalue weighted by atomic mass is 32.1. The lowest BCUT2D eigenvalue weighted by Crippen LogP contribution is -2.17. The molecule has 1 atom stereocenters. The van der Waals surface area contributed by atoms with Crippen LogP contribution in [0.25, 0.3) is 10.6 Å². The minimum absolute atomic E-state index is 0.258. The normalized spacial score (nSPS) is 12.9. The van der Waals surface area contributed by atoms with Gasteiger partial charge >= 0.3 is 0 Å². The Balaban J connectivity index is 2.17. The van der Waals surface area contributed by atoms with Crippen LogP contribution in [-0.2, 0) is 0 Å². The van der Waals surface area contributed by atoms with Crippen LogP contribution in [0.2, 0.25) is 0 Å². The van der Waals surface area contributed by atoms with Gasteiger partial charge in [0, 0.05) is 0 Å². The molecule has 0 aliphatic carbocycles. The van der Waals surface area contributed by atoms with Gasteiger partial charge in [0.15, 0.2) is 5.01 Å². The van der Waals surface area contributed by atoms with E-state index in [0.29, 0.717) is 0 Å². The van der Waals surface area contributed by atoms with E-state index in [1.807, 2.05) is 6.07 Å². The molecule has 0 bridgehead atoms. The first kappa shape index (κ1) is 10.3. The van der Waals surface area contributed by atoms with E-state index in [2.05, 4.69) is 29.4 Å². The summed E-state index contributed by atoms with van der Waals surface area (Å²) in [6.07, 6.45) is 3.33. The van der Waals surface area contributed by atoms with Gasteiger partial charge in [-0.25, -0.2) is 0 Å². The molecule has 2 aromatic heterocycles. The minimum Gasteiger partial charge on any atom is -0.472 e. The Morgan fingerprint density at radius 2 is 2.40 bits per heavy atom. The highest BCUT2D eigenvalue weighted by Crippen LogP contribution is 2.26. The molecule has 0 fully saturated rings. The molecule has 0 saturated carbocycles. The quantitative estimate of drug-likeness (QED) is 0.865. The predicted octanol–water partition coefficient (Wildman–Crippen LogP) is 2.47. The Labute approximate surface area is 92.3 Å². The SMILES string of the molecule is CCNC(C)c1nnc(-c2ccoc2)s1. The van der Waals surface area contributed by atoms with Crippen molar-refractivity contribution >= 4 is 11.3 Å². The van der Waals surface area contributed by atoms with Crippen molar-refractivity contribution in [1.82, 2.24) is 15.5 Å². The number of furan rings is 1. The van der Waals surface area contributed by atoms with Crippen LogP contribution in [0.1, 0.15) is 24.9 Å². The third-order valence-electron chi connectivity index (χ3n) is 2.09. The van der Waals surface area contributed by atoms with E-state index in [4.69, 9.17) is 4.42 Å². The second-order valence-electron chi connectivity index (χ2n) is 3.24. The summed E-state index contributed by atoms with van der Waals surface area (Å²) >= 11 is 1.59. The van der Waals surface area contributed by atoms with E-state index >= 15 is 0 Å².